The van der Waals surface area contributed by atoms with Crippen molar-refractivity contribution in [1.82, 2.24) is 9.38 Å². The van der Waals surface area contributed by atoms with Crippen molar-refractivity contribution in [2.45, 2.75) is 26.3 Å². The van der Waals surface area contributed by atoms with Gasteiger partial charge in [-0.3, -0.25) is 9.20 Å². The Balaban J connectivity index is 1.77. The summed E-state index contributed by atoms with van der Waals surface area (Å²) < 4.78 is 6.78. The predicted octanol–water partition coefficient (Wildman–Crippen LogP) is 3.19. The van der Waals surface area contributed by atoms with Crippen LogP contribution in [0.15, 0.2) is 41.3 Å². The van der Waals surface area contributed by atoms with Crippen molar-refractivity contribution in [1.29, 1.82) is 5.26 Å². The third-order valence-electron chi connectivity index (χ3n) is 5.78. The minimum atomic E-state index is -1.03. The molecule has 0 radical (unpaired) electrons. The van der Waals surface area contributed by atoms with Crippen molar-refractivity contribution >= 4 is 23.1 Å². The molecule has 9 heteroatoms. The van der Waals surface area contributed by atoms with Gasteiger partial charge in [-0.2, -0.15) is 5.26 Å². The number of nitrogens with zero attached hydrogens (tertiary/aromatic N) is 3. The molecule has 0 spiro atoms. The molecule has 170 valence electrons. The number of carbonyl (C=O) groups is 1. The van der Waals surface area contributed by atoms with Crippen LogP contribution in [0.25, 0.3) is 5.65 Å². The number of fused-ring (bicyclic) bond motifs is 1. The number of benzene rings is 1. The highest BCUT2D eigenvalue weighted by Crippen LogP contribution is 2.26. The van der Waals surface area contributed by atoms with Gasteiger partial charge in [0.1, 0.15) is 11.7 Å². The van der Waals surface area contributed by atoms with E-state index in [-0.39, 0.29) is 23.0 Å². The monoisotopic (exact) mass is 447 g/mol. The number of hydrogen-bond acceptors (Lipinski definition) is 7. The minimum absolute atomic E-state index is 0.0419. The van der Waals surface area contributed by atoms with E-state index in [0.29, 0.717) is 42.6 Å². The average molecular weight is 447 g/mol. The van der Waals surface area contributed by atoms with Crippen LogP contribution in [0.5, 0.6) is 0 Å². The third kappa shape index (κ3) is 4.52. The van der Waals surface area contributed by atoms with Gasteiger partial charge < -0.3 is 20.5 Å². The first kappa shape index (κ1) is 22.3. The van der Waals surface area contributed by atoms with E-state index >= 15 is 0 Å². The largest absolute Gasteiger partial charge is 0.478 e. The third-order valence-corrected chi connectivity index (χ3v) is 5.78. The van der Waals surface area contributed by atoms with Gasteiger partial charge in [0.2, 0.25) is 0 Å². The van der Waals surface area contributed by atoms with Crippen LogP contribution in [0, 0.1) is 24.2 Å². The quantitative estimate of drug-likeness (QED) is 0.504. The lowest BCUT2D eigenvalue weighted by atomic mass is 10.1. The second-order valence-electron chi connectivity index (χ2n) is 8.25. The maximum atomic E-state index is 13.1. The SMILES string of the molecule is Cc1cc([C@@H](C)Nc2ccccc2C(=O)O)c2nc(NCC3CCOC3)c(C#N)c(=O)n2c1. The summed E-state index contributed by atoms with van der Waals surface area (Å²) in [6.07, 6.45) is 2.57. The van der Waals surface area contributed by atoms with Gasteiger partial charge >= 0.3 is 5.97 Å². The Hall–Kier alpha value is -3.90. The summed E-state index contributed by atoms with van der Waals surface area (Å²) in [7, 11) is 0. The van der Waals surface area contributed by atoms with E-state index in [1.165, 1.54) is 10.5 Å². The molecule has 1 saturated heterocycles. The molecule has 0 amide bonds. The van der Waals surface area contributed by atoms with Crippen LogP contribution in [-0.2, 0) is 4.74 Å². The number of ether oxygens (including phenoxy) is 1. The van der Waals surface area contributed by atoms with Gasteiger partial charge in [0.05, 0.1) is 18.2 Å². The Bertz CT molecular complexity index is 1300. The molecule has 1 aliphatic rings. The van der Waals surface area contributed by atoms with Gasteiger partial charge in [-0.1, -0.05) is 12.1 Å². The molecule has 1 fully saturated rings. The number of nitrogens with one attached hydrogen (secondary N) is 2. The lowest BCUT2D eigenvalue weighted by Crippen LogP contribution is -2.25. The molecule has 4 rings (SSSR count). The number of carboxylic acids is 1. The van der Waals surface area contributed by atoms with Crippen molar-refractivity contribution in [3.8, 4) is 6.07 Å². The van der Waals surface area contributed by atoms with Gasteiger partial charge in [0.15, 0.2) is 11.4 Å². The molecule has 0 saturated carbocycles. The Kier molecular flexibility index (Phi) is 6.29. The Labute approximate surface area is 190 Å². The van der Waals surface area contributed by atoms with Crippen molar-refractivity contribution in [2.75, 3.05) is 30.4 Å². The van der Waals surface area contributed by atoms with Crippen LogP contribution in [0.4, 0.5) is 11.5 Å². The summed E-state index contributed by atoms with van der Waals surface area (Å²) in [4.78, 5) is 29.4. The maximum absolute atomic E-state index is 13.1. The fourth-order valence-electron chi connectivity index (χ4n) is 4.05. The Morgan fingerprint density at radius 2 is 2.21 bits per heavy atom. The number of aryl methyl sites for hydroxylation is 1. The minimum Gasteiger partial charge on any atom is -0.478 e. The highest BCUT2D eigenvalue weighted by atomic mass is 16.5. The molecule has 3 N–H and O–H groups in total. The second-order valence-corrected chi connectivity index (χ2v) is 8.25. The van der Waals surface area contributed by atoms with Gasteiger partial charge in [0, 0.05) is 36.5 Å². The highest BCUT2D eigenvalue weighted by molar-refractivity contribution is 5.94. The van der Waals surface area contributed by atoms with E-state index < -0.39 is 11.5 Å². The number of rotatable bonds is 7. The number of pyridine rings is 1. The van der Waals surface area contributed by atoms with Crippen LogP contribution in [0.3, 0.4) is 0 Å². The molecule has 1 aliphatic heterocycles. The summed E-state index contributed by atoms with van der Waals surface area (Å²) in [6, 6.07) is 10.2. The van der Waals surface area contributed by atoms with Gasteiger partial charge in [0.25, 0.3) is 5.56 Å². The molecular formula is C24H25N5O4. The van der Waals surface area contributed by atoms with E-state index in [0.717, 1.165) is 12.0 Å². The standard InChI is InChI=1S/C24H25N5O4/c1-14-9-18(15(2)27-20-6-4-3-5-17(20)24(31)32)22-28-21(26-11-16-7-8-33-13-16)19(10-25)23(30)29(22)12-14/h3-6,9,12,15-16,26-27H,7-8,11,13H2,1-2H3,(H,31,32)/t15-,16?/m1/s1. The lowest BCUT2D eigenvalue weighted by Gasteiger charge is -2.20. The van der Waals surface area contributed by atoms with Crippen LogP contribution >= 0.6 is 0 Å². The Morgan fingerprint density at radius 3 is 2.91 bits per heavy atom. The number of nitriles is 1. The lowest BCUT2D eigenvalue weighted by molar-refractivity contribution is 0.0698. The smallest absolute Gasteiger partial charge is 0.337 e. The summed E-state index contributed by atoms with van der Waals surface area (Å²) in [5, 5.41) is 25.5. The molecule has 2 atom stereocenters. The van der Waals surface area contributed by atoms with E-state index in [1.807, 2.05) is 26.0 Å². The number of aromatic nitrogens is 2. The number of hydrogen-bond donors (Lipinski definition) is 3. The van der Waals surface area contributed by atoms with Gasteiger partial charge in [-0.15, -0.1) is 0 Å². The molecule has 2 aromatic heterocycles. The molecule has 1 unspecified atom stereocenters. The van der Waals surface area contributed by atoms with Gasteiger partial charge in [-0.25, -0.2) is 9.78 Å². The van der Waals surface area contributed by atoms with Crippen LogP contribution in [0.1, 0.15) is 46.4 Å². The first-order valence-electron chi connectivity index (χ1n) is 10.8. The van der Waals surface area contributed by atoms with E-state index in [4.69, 9.17) is 4.74 Å². The molecule has 0 bridgehead atoms. The summed E-state index contributed by atoms with van der Waals surface area (Å²) in [5.74, 6) is -0.491. The summed E-state index contributed by atoms with van der Waals surface area (Å²) >= 11 is 0. The molecule has 3 heterocycles. The Morgan fingerprint density at radius 1 is 1.42 bits per heavy atom. The number of para-hydroxylation sites is 1. The first-order chi connectivity index (χ1) is 15.9. The van der Waals surface area contributed by atoms with Crippen molar-refractivity contribution in [3.63, 3.8) is 0 Å². The van der Waals surface area contributed by atoms with Crippen molar-refractivity contribution < 1.29 is 14.6 Å². The average Bonchev–Trinajstić information content (AvgIpc) is 3.31. The first-order valence-corrected chi connectivity index (χ1v) is 10.8. The van der Waals surface area contributed by atoms with Crippen LogP contribution in [0.2, 0.25) is 0 Å². The number of anilines is 2. The fraction of sp³-hybridized carbons (Fsp3) is 0.333. The van der Waals surface area contributed by atoms with Crippen LogP contribution < -0.4 is 16.2 Å². The van der Waals surface area contributed by atoms with E-state index in [9.17, 15) is 20.0 Å². The zero-order valence-corrected chi connectivity index (χ0v) is 18.5. The van der Waals surface area contributed by atoms with Crippen molar-refractivity contribution in [3.05, 3.63) is 69.1 Å². The molecule has 9 nitrogen and oxygen atoms in total. The number of aromatic carboxylic acids is 1. The van der Waals surface area contributed by atoms with E-state index in [2.05, 4.69) is 15.6 Å². The zero-order chi connectivity index (χ0) is 23.5. The molecule has 3 aromatic rings. The van der Waals surface area contributed by atoms with Gasteiger partial charge in [-0.05, 0) is 44.0 Å². The predicted molar refractivity (Wildman–Crippen MR) is 124 cm³/mol. The van der Waals surface area contributed by atoms with E-state index in [1.54, 1.807) is 24.4 Å². The molecule has 0 aliphatic carbocycles. The highest BCUT2D eigenvalue weighted by Gasteiger charge is 2.21. The zero-order valence-electron chi connectivity index (χ0n) is 18.5. The molecular weight excluding hydrogens is 422 g/mol. The summed E-state index contributed by atoms with van der Waals surface area (Å²) in [6.45, 7) is 5.62. The van der Waals surface area contributed by atoms with Crippen LogP contribution in [-0.4, -0.2) is 40.2 Å². The fourth-order valence-corrected chi connectivity index (χ4v) is 4.05. The molecule has 33 heavy (non-hydrogen) atoms. The van der Waals surface area contributed by atoms with Crippen molar-refractivity contribution in [2.24, 2.45) is 5.92 Å². The molecule has 1 aromatic carbocycles. The number of carboxylic acid groups (broad SMARTS) is 1. The summed E-state index contributed by atoms with van der Waals surface area (Å²) in [5.41, 5.74) is 2.06. The normalized spacial score (nSPS) is 16.3. The maximum Gasteiger partial charge on any atom is 0.337 e. The second kappa shape index (κ2) is 9.30. The topological polar surface area (TPSA) is 129 Å².